The van der Waals surface area contributed by atoms with E-state index in [1.807, 2.05) is 24.4 Å². The monoisotopic (exact) mass is 341 g/mol. The van der Waals surface area contributed by atoms with Gasteiger partial charge in [-0.1, -0.05) is 12.1 Å². The molecule has 0 aliphatic rings. The van der Waals surface area contributed by atoms with Gasteiger partial charge in [0.15, 0.2) is 5.96 Å². The molecule has 3 aromatic heterocycles. The molecule has 0 saturated carbocycles. The summed E-state index contributed by atoms with van der Waals surface area (Å²) in [6.45, 7) is 4.55. The Kier molecular flexibility index (Phi) is 5.85. The van der Waals surface area contributed by atoms with E-state index in [2.05, 4.69) is 55.6 Å². The van der Waals surface area contributed by atoms with Gasteiger partial charge in [-0.05, 0) is 30.5 Å². The van der Waals surface area contributed by atoms with Crippen molar-refractivity contribution in [3.05, 3.63) is 58.7 Å². The molecule has 0 atom stereocenters. The van der Waals surface area contributed by atoms with Gasteiger partial charge >= 0.3 is 0 Å². The van der Waals surface area contributed by atoms with Crippen LogP contribution in [0.1, 0.15) is 17.5 Å². The summed E-state index contributed by atoms with van der Waals surface area (Å²) in [5, 5.41) is 8.79. The number of aromatic nitrogens is 2. The molecule has 0 saturated heterocycles. The summed E-state index contributed by atoms with van der Waals surface area (Å²) in [5.41, 5.74) is 2.08. The maximum absolute atomic E-state index is 4.64. The molecule has 6 heteroatoms. The number of thiophene rings is 1. The average Bonchev–Trinajstić information content (AvgIpc) is 3.23. The van der Waals surface area contributed by atoms with Crippen molar-refractivity contribution in [2.75, 3.05) is 19.6 Å². The zero-order chi connectivity index (χ0) is 16.6. The van der Waals surface area contributed by atoms with E-state index < -0.39 is 0 Å². The van der Waals surface area contributed by atoms with Gasteiger partial charge in [0.25, 0.3) is 0 Å². The molecule has 0 aliphatic heterocycles. The van der Waals surface area contributed by atoms with Gasteiger partial charge in [0, 0.05) is 49.7 Å². The minimum absolute atomic E-state index is 0.796. The van der Waals surface area contributed by atoms with Crippen LogP contribution in [0.5, 0.6) is 0 Å². The van der Waals surface area contributed by atoms with Gasteiger partial charge < -0.3 is 15.0 Å². The highest BCUT2D eigenvalue weighted by Crippen LogP contribution is 2.08. The van der Waals surface area contributed by atoms with Crippen LogP contribution in [0.25, 0.3) is 5.65 Å². The molecular formula is C18H23N5S. The summed E-state index contributed by atoms with van der Waals surface area (Å²) in [6.07, 6.45) is 5.96. The number of nitrogens with one attached hydrogen (secondary N) is 2. The molecule has 24 heavy (non-hydrogen) atoms. The molecule has 0 aliphatic carbocycles. The third-order valence-corrected chi connectivity index (χ3v) is 4.58. The Morgan fingerprint density at radius 1 is 1.21 bits per heavy atom. The van der Waals surface area contributed by atoms with Crippen LogP contribution >= 0.6 is 11.3 Å². The first-order chi connectivity index (χ1) is 11.8. The van der Waals surface area contributed by atoms with Gasteiger partial charge in [-0.15, -0.1) is 11.3 Å². The number of rotatable bonds is 7. The number of nitrogens with zero attached hydrogens (tertiary/aromatic N) is 3. The Labute approximate surface area is 146 Å². The zero-order valence-corrected chi connectivity index (χ0v) is 14.7. The number of aliphatic imine (C=N–C) groups is 1. The molecule has 2 N–H and O–H groups in total. The number of guanidine groups is 1. The molecule has 3 rings (SSSR count). The molecule has 3 heterocycles. The second-order valence-corrected chi connectivity index (χ2v) is 6.50. The van der Waals surface area contributed by atoms with Crippen LogP contribution in [0.15, 0.2) is 53.1 Å². The first-order valence-electron chi connectivity index (χ1n) is 8.32. The highest BCUT2D eigenvalue weighted by molar-refractivity contribution is 7.09. The van der Waals surface area contributed by atoms with E-state index in [9.17, 15) is 0 Å². The van der Waals surface area contributed by atoms with Crippen molar-refractivity contribution < 1.29 is 0 Å². The summed E-state index contributed by atoms with van der Waals surface area (Å²) in [7, 11) is 0. The summed E-state index contributed by atoms with van der Waals surface area (Å²) >= 11 is 1.78. The lowest BCUT2D eigenvalue weighted by molar-refractivity contribution is 0.790. The standard InChI is InChI=1S/C18H23N5S/c1-2-19-18(21-11-9-16-6-5-13-24-16)20-10-8-15-14-23-12-4-3-7-17(23)22-15/h3-7,12-14H,2,8-11H2,1H3,(H2,19,20,21). The molecule has 0 unspecified atom stereocenters. The van der Waals surface area contributed by atoms with Crippen molar-refractivity contribution >= 4 is 22.9 Å². The Balaban J connectivity index is 1.49. The van der Waals surface area contributed by atoms with Gasteiger partial charge in [-0.2, -0.15) is 0 Å². The maximum atomic E-state index is 4.64. The molecule has 0 radical (unpaired) electrons. The van der Waals surface area contributed by atoms with Crippen LogP contribution in [0.4, 0.5) is 0 Å². The molecule has 0 spiro atoms. The number of hydrogen-bond donors (Lipinski definition) is 2. The van der Waals surface area contributed by atoms with Crippen molar-refractivity contribution in [3.63, 3.8) is 0 Å². The molecule has 0 fully saturated rings. The first kappa shape index (κ1) is 16.5. The average molecular weight is 341 g/mol. The fraction of sp³-hybridized carbons (Fsp3) is 0.333. The van der Waals surface area contributed by atoms with E-state index in [1.165, 1.54) is 4.88 Å². The normalized spacial score (nSPS) is 11.8. The molecule has 0 bridgehead atoms. The number of fused-ring (bicyclic) bond motifs is 1. The maximum Gasteiger partial charge on any atom is 0.191 e. The van der Waals surface area contributed by atoms with E-state index in [4.69, 9.17) is 0 Å². The second-order valence-electron chi connectivity index (χ2n) is 5.47. The highest BCUT2D eigenvalue weighted by Gasteiger charge is 2.02. The van der Waals surface area contributed by atoms with E-state index in [0.717, 1.165) is 49.8 Å². The van der Waals surface area contributed by atoms with Crippen LogP contribution in [-0.4, -0.2) is 35.0 Å². The first-order valence-corrected chi connectivity index (χ1v) is 9.20. The van der Waals surface area contributed by atoms with Crippen LogP contribution in [-0.2, 0) is 12.8 Å². The molecular weight excluding hydrogens is 318 g/mol. The molecule has 0 amide bonds. The third kappa shape index (κ3) is 4.58. The van der Waals surface area contributed by atoms with Crippen molar-refractivity contribution in [1.82, 2.24) is 20.0 Å². The van der Waals surface area contributed by atoms with E-state index in [-0.39, 0.29) is 0 Å². The third-order valence-electron chi connectivity index (χ3n) is 3.64. The number of pyridine rings is 1. The van der Waals surface area contributed by atoms with Crippen LogP contribution in [0, 0.1) is 0 Å². The quantitative estimate of drug-likeness (QED) is 0.513. The predicted octanol–water partition coefficient (Wildman–Crippen LogP) is 2.74. The SMILES string of the molecule is CCNC(=NCCc1cccs1)NCCc1cn2ccccc2n1. The van der Waals surface area contributed by atoms with Crippen LogP contribution in [0.2, 0.25) is 0 Å². The van der Waals surface area contributed by atoms with Gasteiger partial charge in [0.2, 0.25) is 0 Å². The number of imidazole rings is 1. The van der Waals surface area contributed by atoms with Gasteiger partial charge in [0.05, 0.1) is 5.69 Å². The van der Waals surface area contributed by atoms with E-state index in [0.29, 0.717) is 0 Å². The largest absolute Gasteiger partial charge is 0.357 e. The predicted molar refractivity (Wildman–Crippen MR) is 101 cm³/mol. The molecule has 5 nitrogen and oxygen atoms in total. The van der Waals surface area contributed by atoms with Gasteiger partial charge in [-0.3, -0.25) is 4.99 Å². The lowest BCUT2D eigenvalue weighted by atomic mass is 10.3. The highest BCUT2D eigenvalue weighted by atomic mass is 32.1. The fourth-order valence-corrected chi connectivity index (χ4v) is 3.19. The van der Waals surface area contributed by atoms with Crippen molar-refractivity contribution in [2.24, 2.45) is 4.99 Å². The van der Waals surface area contributed by atoms with Gasteiger partial charge in [0.1, 0.15) is 5.65 Å². The van der Waals surface area contributed by atoms with Crippen molar-refractivity contribution in [1.29, 1.82) is 0 Å². The Bertz CT molecular complexity index is 743. The minimum atomic E-state index is 0.796. The Hall–Kier alpha value is -2.34. The summed E-state index contributed by atoms with van der Waals surface area (Å²) < 4.78 is 2.05. The molecule has 0 aromatic carbocycles. The lowest BCUT2D eigenvalue weighted by Crippen LogP contribution is -2.38. The smallest absolute Gasteiger partial charge is 0.191 e. The van der Waals surface area contributed by atoms with Gasteiger partial charge in [-0.25, -0.2) is 4.98 Å². The van der Waals surface area contributed by atoms with Crippen molar-refractivity contribution in [2.45, 2.75) is 19.8 Å². The number of hydrogen-bond acceptors (Lipinski definition) is 3. The molecule has 126 valence electrons. The summed E-state index contributed by atoms with van der Waals surface area (Å²) in [6, 6.07) is 10.3. The van der Waals surface area contributed by atoms with Crippen LogP contribution in [0.3, 0.4) is 0 Å². The lowest BCUT2D eigenvalue weighted by Gasteiger charge is -2.10. The van der Waals surface area contributed by atoms with E-state index >= 15 is 0 Å². The fourth-order valence-electron chi connectivity index (χ4n) is 2.49. The van der Waals surface area contributed by atoms with E-state index in [1.54, 1.807) is 11.3 Å². The summed E-state index contributed by atoms with van der Waals surface area (Å²) in [4.78, 5) is 10.6. The zero-order valence-electron chi connectivity index (χ0n) is 13.9. The Morgan fingerprint density at radius 3 is 2.96 bits per heavy atom. The Morgan fingerprint density at radius 2 is 2.17 bits per heavy atom. The molecule has 3 aromatic rings. The summed E-state index contributed by atoms with van der Waals surface area (Å²) in [5.74, 6) is 0.873. The second kappa shape index (κ2) is 8.49. The topological polar surface area (TPSA) is 53.7 Å². The minimum Gasteiger partial charge on any atom is -0.357 e. The van der Waals surface area contributed by atoms with Crippen LogP contribution < -0.4 is 10.6 Å². The van der Waals surface area contributed by atoms with Crippen molar-refractivity contribution in [3.8, 4) is 0 Å².